The first-order chi connectivity index (χ1) is 12.4. The summed E-state index contributed by atoms with van der Waals surface area (Å²) in [4.78, 5) is 14.3. The van der Waals surface area contributed by atoms with E-state index in [9.17, 15) is 18.0 Å². The van der Waals surface area contributed by atoms with E-state index >= 15 is 0 Å². The van der Waals surface area contributed by atoms with Gasteiger partial charge in [-0.05, 0) is 31.0 Å². The Labute approximate surface area is 145 Å². The molecule has 2 aromatic rings. The van der Waals surface area contributed by atoms with Crippen LogP contribution in [-0.2, 0) is 6.18 Å². The molecule has 0 saturated carbocycles. The molecule has 1 saturated heterocycles. The number of fused-ring (bicyclic) bond motifs is 1. The van der Waals surface area contributed by atoms with Crippen LogP contribution in [0.2, 0.25) is 0 Å². The van der Waals surface area contributed by atoms with Crippen LogP contribution in [0.1, 0.15) is 40.9 Å². The fourth-order valence-electron chi connectivity index (χ4n) is 3.06. The molecule has 138 valence electrons. The largest absolute Gasteiger partial charge is 0.470 e. The number of ether oxygens (including phenoxy) is 2. The highest BCUT2D eigenvalue weighted by Gasteiger charge is 2.39. The molecule has 1 aromatic carbocycles. The molecular weight excluding hydrogens is 355 g/mol. The lowest BCUT2D eigenvalue weighted by Gasteiger charge is -2.30. The lowest BCUT2D eigenvalue weighted by Crippen LogP contribution is -2.38. The predicted octanol–water partition coefficient (Wildman–Crippen LogP) is 2.84. The monoisotopic (exact) mass is 369 g/mol. The molecule has 4 rings (SSSR count). The standard InChI is InChI=1S/C16H14F3N3O4/c17-16(18,19)15-21-20-13(26-15)9-3-5-22(6-4-9)14(23)10-1-2-11-12(7-10)25-8-24-11/h1-2,7,9H,3-6,8H2. The molecule has 0 atom stereocenters. The highest BCUT2D eigenvalue weighted by atomic mass is 19.4. The van der Waals surface area contributed by atoms with Crippen LogP contribution in [0.15, 0.2) is 22.6 Å². The van der Waals surface area contributed by atoms with Crippen molar-refractivity contribution in [2.45, 2.75) is 24.9 Å². The average molecular weight is 369 g/mol. The SMILES string of the molecule is O=C(c1ccc2c(c1)OCO2)N1CCC(c2nnc(C(F)(F)F)o2)CC1. The summed E-state index contributed by atoms with van der Waals surface area (Å²) in [5.41, 5.74) is 0.477. The smallest absolute Gasteiger partial charge is 0.454 e. The third-order valence-electron chi connectivity index (χ3n) is 4.43. The number of carbonyl (C=O) groups excluding carboxylic acids is 1. The van der Waals surface area contributed by atoms with Gasteiger partial charge in [0.2, 0.25) is 12.7 Å². The number of piperidine rings is 1. The maximum absolute atomic E-state index is 12.6. The second-order valence-corrected chi connectivity index (χ2v) is 6.08. The first-order valence-electron chi connectivity index (χ1n) is 8.01. The number of halogens is 3. The van der Waals surface area contributed by atoms with Crippen molar-refractivity contribution in [1.82, 2.24) is 15.1 Å². The molecular formula is C16H14F3N3O4. The summed E-state index contributed by atoms with van der Waals surface area (Å²) in [6, 6.07) is 4.97. The lowest BCUT2D eigenvalue weighted by molar-refractivity contribution is -0.157. The second-order valence-electron chi connectivity index (χ2n) is 6.08. The molecule has 1 fully saturated rings. The Morgan fingerprint density at radius 1 is 1.12 bits per heavy atom. The van der Waals surface area contributed by atoms with Crippen LogP contribution < -0.4 is 9.47 Å². The van der Waals surface area contributed by atoms with E-state index in [0.29, 0.717) is 43.0 Å². The molecule has 2 aliphatic rings. The minimum Gasteiger partial charge on any atom is -0.454 e. The number of hydrogen-bond acceptors (Lipinski definition) is 6. The highest BCUT2D eigenvalue weighted by Crippen LogP contribution is 2.35. The Balaban J connectivity index is 1.40. The van der Waals surface area contributed by atoms with Crippen LogP contribution in [0, 0.1) is 0 Å². The van der Waals surface area contributed by atoms with Crippen molar-refractivity contribution in [1.29, 1.82) is 0 Å². The summed E-state index contributed by atoms with van der Waals surface area (Å²) in [6.07, 6.45) is -3.74. The van der Waals surface area contributed by atoms with Crippen molar-refractivity contribution in [3.63, 3.8) is 0 Å². The van der Waals surface area contributed by atoms with Crippen molar-refractivity contribution in [3.05, 3.63) is 35.5 Å². The van der Waals surface area contributed by atoms with Crippen molar-refractivity contribution in [2.24, 2.45) is 0 Å². The molecule has 1 amide bonds. The Kier molecular flexibility index (Phi) is 3.97. The van der Waals surface area contributed by atoms with Gasteiger partial charge in [-0.1, -0.05) is 0 Å². The molecule has 2 aliphatic heterocycles. The van der Waals surface area contributed by atoms with Crippen molar-refractivity contribution in [3.8, 4) is 11.5 Å². The number of benzene rings is 1. The molecule has 0 N–H and O–H groups in total. The van der Waals surface area contributed by atoms with Crippen LogP contribution in [0.3, 0.4) is 0 Å². The average Bonchev–Trinajstić information content (AvgIpc) is 3.29. The van der Waals surface area contributed by atoms with E-state index in [1.54, 1.807) is 23.1 Å². The van der Waals surface area contributed by atoms with E-state index in [1.165, 1.54) is 0 Å². The zero-order valence-electron chi connectivity index (χ0n) is 13.5. The molecule has 10 heteroatoms. The first kappa shape index (κ1) is 16.7. The summed E-state index contributed by atoms with van der Waals surface area (Å²) in [6.45, 7) is 0.909. The molecule has 1 aromatic heterocycles. The molecule has 0 aliphatic carbocycles. The van der Waals surface area contributed by atoms with Gasteiger partial charge in [-0.2, -0.15) is 13.2 Å². The van der Waals surface area contributed by atoms with E-state index < -0.39 is 12.1 Å². The van der Waals surface area contributed by atoms with Gasteiger partial charge in [0.25, 0.3) is 5.91 Å². The molecule has 7 nitrogen and oxygen atoms in total. The van der Waals surface area contributed by atoms with E-state index in [4.69, 9.17) is 13.9 Å². The normalized spacial score (nSPS) is 17.6. The summed E-state index contributed by atoms with van der Waals surface area (Å²) in [7, 11) is 0. The zero-order chi connectivity index (χ0) is 18.3. The number of aromatic nitrogens is 2. The number of alkyl halides is 3. The van der Waals surface area contributed by atoms with Crippen LogP contribution in [0.5, 0.6) is 11.5 Å². The Hall–Kier alpha value is -2.78. The molecule has 0 spiro atoms. The Morgan fingerprint density at radius 2 is 1.85 bits per heavy atom. The topological polar surface area (TPSA) is 77.7 Å². The summed E-state index contributed by atoms with van der Waals surface area (Å²) in [5.74, 6) is -0.713. The summed E-state index contributed by atoms with van der Waals surface area (Å²) < 4.78 is 52.9. The van der Waals surface area contributed by atoms with Crippen molar-refractivity contribution < 1.29 is 31.9 Å². The van der Waals surface area contributed by atoms with E-state index in [1.807, 2.05) is 0 Å². The van der Waals surface area contributed by atoms with Gasteiger partial charge in [-0.3, -0.25) is 4.79 Å². The number of carbonyl (C=O) groups is 1. The van der Waals surface area contributed by atoms with Gasteiger partial charge < -0.3 is 18.8 Å². The maximum Gasteiger partial charge on any atom is 0.470 e. The van der Waals surface area contributed by atoms with Gasteiger partial charge in [0.1, 0.15) is 0 Å². The maximum atomic E-state index is 12.6. The Morgan fingerprint density at radius 3 is 2.54 bits per heavy atom. The minimum absolute atomic E-state index is 0.0347. The third-order valence-corrected chi connectivity index (χ3v) is 4.43. The number of amides is 1. The predicted molar refractivity (Wildman–Crippen MR) is 79.7 cm³/mol. The van der Waals surface area contributed by atoms with Crippen molar-refractivity contribution in [2.75, 3.05) is 19.9 Å². The van der Waals surface area contributed by atoms with Crippen molar-refractivity contribution >= 4 is 5.91 Å². The van der Waals surface area contributed by atoms with Crippen LogP contribution >= 0.6 is 0 Å². The zero-order valence-corrected chi connectivity index (χ0v) is 13.5. The fourth-order valence-corrected chi connectivity index (χ4v) is 3.06. The molecule has 0 bridgehead atoms. The second kappa shape index (κ2) is 6.19. The first-order valence-corrected chi connectivity index (χ1v) is 8.01. The minimum atomic E-state index is -4.65. The van der Waals surface area contributed by atoms with Gasteiger partial charge in [0, 0.05) is 24.6 Å². The van der Waals surface area contributed by atoms with Gasteiger partial charge in [-0.25, -0.2) is 0 Å². The molecule has 3 heterocycles. The number of nitrogens with zero attached hydrogens (tertiary/aromatic N) is 3. The third kappa shape index (κ3) is 3.06. The summed E-state index contributed by atoms with van der Waals surface area (Å²) in [5, 5.41) is 6.55. The number of likely N-dealkylation sites (tertiary alicyclic amines) is 1. The Bertz CT molecular complexity index is 828. The molecule has 0 radical (unpaired) electrons. The van der Waals surface area contributed by atoms with Crippen LogP contribution in [-0.4, -0.2) is 40.9 Å². The van der Waals surface area contributed by atoms with Crippen LogP contribution in [0.4, 0.5) is 13.2 Å². The quantitative estimate of drug-likeness (QED) is 0.810. The van der Waals surface area contributed by atoms with E-state index in [0.717, 1.165) is 0 Å². The lowest BCUT2D eigenvalue weighted by atomic mass is 9.96. The van der Waals surface area contributed by atoms with E-state index in [-0.39, 0.29) is 24.5 Å². The number of hydrogen-bond donors (Lipinski definition) is 0. The number of rotatable bonds is 2. The van der Waals surface area contributed by atoms with Gasteiger partial charge in [-0.15, -0.1) is 10.2 Å². The van der Waals surface area contributed by atoms with Gasteiger partial charge in [0.05, 0.1) is 0 Å². The van der Waals surface area contributed by atoms with E-state index in [2.05, 4.69) is 10.2 Å². The van der Waals surface area contributed by atoms with Crippen LogP contribution in [0.25, 0.3) is 0 Å². The summed E-state index contributed by atoms with van der Waals surface area (Å²) >= 11 is 0. The van der Waals surface area contributed by atoms with Gasteiger partial charge in [0.15, 0.2) is 11.5 Å². The highest BCUT2D eigenvalue weighted by molar-refractivity contribution is 5.95. The molecule has 26 heavy (non-hydrogen) atoms. The fraction of sp³-hybridized carbons (Fsp3) is 0.438. The van der Waals surface area contributed by atoms with Gasteiger partial charge >= 0.3 is 12.1 Å². The molecule has 0 unspecified atom stereocenters.